The minimum absolute atomic E-state index is 0.0361. The van der Waals surface area contributed by atoms with Crippen molar-refractivity contribution in [3.63, 3.8) is 0 Å². The van der Waals surface area contributed by atoms with Crippen molar-refractivity contribution in [2.75, 3.05) is 12.0 Å². The molecule has 10 heteroatoms. The Kier molecular flexibility index (Phi) is 6.99. The molecule has 0 bridgehead atoms. The van der Waals surface area contributed by atoms with Crippen LogP contribution in [0.2, 0.25) is 5.02 Å². The number of benzene rings is 3. The van der Waals surface area contributed by atoms with Gasteiger partial charge in [-0.25, -0.2) is 0 Å². The lowest BCUT2D eigenvalue weighted by Crippen LogP contribution is -2.27. The summed E-state index contributed by atoms with van der Waals surface area (Å²) in [5, 5.41) is 0.559. The fourth-order valence-corrected chi connectivity index (χ4v) is 5.51. The Labute approximate surface area is 212 Å². The highest BCUT2D eigenvalue weighted by Crippen LogP contribution is 2.38. The van der Waals surface area contributed by atoms with Crippen LogP contribution in [0.5, 0.6) is 11.5 Å². The van der Waals surface area contributed by atoms with Crippen molar-refractivity contribution in [2.45, 2.75) is 11.8 Å². The van der Waals surface area contributed by atoms with Crippen LogP contribution in [-0.4, -0.2) is 25.8 Å². The summed E-state index contributed by atoms with van der Waals surface area (Å²) in [5.41, 5.74) is 2.17. The third-order valence-corrected chi connectivity index (χ3v) is 7.68. The molecule has 1 saturated heterocycles. The van der Waals surface area contributed by atoms with Gasteiger partial charge >= 0.3 is 10.1 Å². The van der Waals surface area contributed by atoms with Crippen LogP contribution in [0, 0.1) is 6.92 Å². The normalized spacial score (nSPS) is 15.1. The van der Waals surface area contributed by atoms with Crippen LogP contribution in [0.4, 0.5) is 5.69 Å². The minimum Gasteiger partial charge on any atom is -0.493 e. The Balaban J connectivity index is 1.59. The Bertz CT molecular complexity index is 1400. The summed E-state index contributed by atoms with van der Waals surface area (Å²) in [6.45, 7) is 1.86. The second-order valence-electron chi connectivity index (χ2n) is 7.25. The van der Waals surface area contributed by atoms with E-state index in [1.807, 2.05) is 6.92 Å². The number of hydrogen-bond donors (Lipinski definition) is 0. The molecule has 1 amide bonds. The lowest BCUT2D eigenvalue weighted by Gasteiger charge is -2.14. The fourth-order valence-electron chi connectivity index (χ4n) is 3.15. The van der Waals surface area contributed by atoms with Gasteiger partial charge in [0, 0.05) is 5.02 Å². The van der Waals surface area contributed by atoms with Crippen molar-refractivity contribution >= 4 is 67.7 Å². The van der Waals surface area contributed by atoms with Gasteiger partial charge in [-0.1, -0.05) is 59.3 Å². The molecule has 4 rings (SSSR count). The van der Waals surface area contributed by atoms with E-state index in [2.05, 4.69) is 0 Å². The Morgan fingerprint density at radius 2 is 1.68 bits per heavy atom. The number of rotatable bonds is 6. The predicted molar refractivity (Wildman–Crippen MR) is 139 cm³/mol. The van der Waals surface area contributed by atoms with Crippen LogP contribution in [0.25, 0.3) is 6.08 Å². The lowest BCUT2D eigenvalue weighted by molar-refractivity contribution is -0.113. The second-order valence-corrected chi connectivity index (χ2v) is 10.9. The number of amides is 1. The van der Waals surface area contributed by atoms with E-state index in [-0.39, 0.29) is 22.3 Å². The van der Waals surface area contributed by atoms with Gasteiger partial charge < -0.3 is 8.92 Å². The van der Waals surface area contributed by atoms with Crippen LogP contribution < -0.4 is 13.8 Å². The monoisotopic (exact) mass is 531 g/mol. The minimum atomic E-state index is -4.04. The Hall–Kier alpha value is -2.85. The third-order valence-electron chi connectivity index (χ3n) is 4.87. The molecule has 3 aromatic carbocycles. The molecule has 34 heavy (non-hydrogen) atoms. The highest BCUT2D eigenvalue weighted by atomic mass is 35.5. The van der Waals surface area contributed by atoms with E-state index >= 15 is 0 Å². The van der Waals surface area contributed by atoms with E-state index in [1.54, 1.807) is 54.6 Å². The molecule has 0 radical (unpaired) electrons. The van der Waals surface area contributed by atoms with Crippen LogP contribution in [0.1, 0.15) is 11.1 Å². The van der Waals surface area contributed by atoms with Crippen LogP contribution in [0.15, 0.2) is 76.5 Å². The number of methoxy groups -OCH3 is 1. The van der Waals surface area contributed by atoms with E-state index in [0.29, 0.717) is 25.5 Å². The standard InChI is InChI=1S/C24H18ClNO5S3/c1-15-3-10-19(11-4-15)34(28,29)31-20-12-5-16(13-21(20)30-2)14-22-23(27)26(24(32)33-22)18-8-6-17(25)7-9-18/h3-14H,1-2H3/b22-14+. The molecule has 1 aliphatic rings. The maximum absolute atomic E-state index is 13.0. The van der Waals surface area contributed by atoms with Gasteiger partial charge in [0.2, 0.25) is 0 Å². The van der Waals surface area contributed by atoms with E-state index in [1.165, 1.54) is 42.0 Å². The average Bonchev–Trinajstić information content (AvgIpc) is 3.08. The summed E-state index contributed by atoms with van der Waals surface area (Å²) < 4.78 is 36.4. The van der Waals surface area contributed by atoms with Crippen molar-refractivity contribution in [2.24, 2.45) is 0 Å². The largest absolute Gasteiger partial charge is 0.493 e. The Morgan fingerprint density at radius 3 is 2.32 bits per heavy atom. The molecule has 0 N–H and O–H groups in total. The van der Waals surface area contributed by atoms with E-state index in [9.17, 15) is 13.2 Å². The first-order valence-electron chi connectivity index (χ1n) is 9.91. The summed E-state index contributed by atoms with van der Waals surface area (Å²) in [5.74, 6) is -0.0230. The van der Waals surface area contributed by atoms with Gasteiger partial charge in [-0.05, 0) is 67.1 Å². The first-order chi connectivity index (χ1) is 16.2. The number of hydrogen-bond acceptors (Lipinski definition) is 7. The molecule has 0 spiro atoms. The number of carbonyl (C=O) groups excluding carboxylic acids is 1. The number of ether oxygens (including phenoxy) is 1. The first kappa shape index (κ1) is 24.3. The molecule has 0 aliphatic carbocycles. The maximum Gasteiger partial charge on any atom is 0.339 e. The summed E-state index contributed by atoms with van der Waals surface area (Å²) in [6, 6.07) is 17.9. The summed E-state index contributed by atoms with van der Waals surface area (Å²) in [7, 11) is -2.63. The van der Waals surface area contributed by atoms with Crippen molar-refractivity contribution in [3.05, 3.63) is 87.8 Å². The lowest BCUT2D eigenvalue weighted by atomic mass is 10.2. The molecule has 1 fully saturated rings. The molecule has 3 aromatic rings. The highest BCUT2D eigenvalue weighted by molar-refractivity contribution is 8.27. The smallest absolute Gasteiger partial charge is 0.339 e. The maximum atomic E-state index is 13.0. The SMILES string of the molecule is COc1cc(/C=C2/SC(=S)N(c3ccc(Cl)cc3)C2=O)ccc1OS(=O)(=O)c1ccc(C)cc1. The molecule has 0 aromatic heterocycles. The molecule has 0 atom stereocenters. The topological polar surface area (TPSA) is 72.9 Å². The number of carbonyl (C=O) groups is 1. The van der Waals surface area contributed by atoms with Gasteiger partial charge in [-0.3, -0.25) is 9.69 Å². The summed E-state index contributed by atoms with van der Waals surface area (Å²) >= 11 is 12.5. The predicted octanol–water partition coefficient (Wildman–Crippen LogP) is 5.83. The van der Waals surface area contributed by atoms with E-state index in [4.69, 9.17) is 32.7 Å². The molecular formula is C24H18ClNO5S3. The van der Waals surface area contributed by atoms with Crippen molar-refractivity contribution in [1.82, 2.24) is 0 Å². The van der Waals surface area contributed by atoms with E-state index in [0.717, 1.165) is 5.56 Å². The van der Waals surface area contributed by atoms with Gasteiger partial charge in [0.25, 0.3) is 5.91 Å². The molecule has 0 unspecified atom stereocenters. The number of thioether (sulfide) groups is 1. The molecule has 1 aliphatic heterocycles. The average molecular weight is 532 g/mol. The zero-order valence-electron chi connectivity index (χ0n) is 18.0. The number of thiocarbonyl (C=S) groups is 1. The van der Waals surface area contributed by atoms with Crippen molar-refractivity contribution < 1.29 is 22.1 Å². The molecule has 0 saturated carbocycles. The summed E-state index contributed by atoms with van der Waals surface area (Å²) in [4.78, 5) is 14.9. The number of aryl methyl sites for hydroxylation is 1. The van der Waals surface area contributed by atoms with Crippen LogP contribution >= 0.6 is 35.6 Å². The molecular weight excluding hydrogens is 514 g/mol. The second kappa shape index (κ2) is 9.79. The quantitative estimate of drug-likeness (QED) is 0.225. The van der Waals surface area contributed by atoms with Gasteiger partial charge in [0.15, 0.2) is 15.8 Å². The zero-order valence-corrected chi connectivity index (χ0v) is 21.2. The number of nitrogens with zero attached hydrogens (tertiary/aromatic N) is 1. The van der Waals surface area contributed by atoms with Gasteiger partial charge in [0.1, 0.15) is 4.90 Å². The molecule has 174 valence electrons. The van der Waals surface area contributed by atoms with Gasteiger partial charge in [0.05, 0.1) is 17.7 Å². The number of halogens is 1. The number of anilines is 1. The van der Waals surface area contributed by atoms with Crippen LogP contribution in [-0.2, 0) is 14.9 Å². The highest BCUT2D eigenvalue weighted by Gasteiger charge is 2.33. The third kappa shape index (κ3) is 5.12. The fraction of sp³-hybridized carbons (Fsp3) is 0.0833. The van der Waals surface area contributed by atoms with Crippen molar-refractivity contribution in [3.8, 4) is 11.5 Å². The first-order valence-corrected chi connectivity index (χ1v) is 12.9. The Morgan fingerprint density at radius 1 is 1.00 bits per heavy atom. The van der Waals surface area contributed by atoms with Gasteiger partial charge in [-0.15, -0.1) is 0 Å². The zero-order chi connectivity index (χ0) is 24.5. The van der Waals surface area contributed by atoms with Gasteiger partial charge in [-0.2, -0.15) is 8.42 Å². The van der Waals surface area contributed by atoms with E-state index < -0.39 is 10.1 Å². The molecule has 6 nitrogen and oxygen atoms in total. The molecule has 1 heterocycles. The van der Waals surface area contributed by atoms with Crippen LogP contribution in [0.3, 0.4) is 0 Å². The summed E-state index contributed by atoms with van der Waals surface area (Å²) in [6.07, 6.45) is 1.66. The van der Waals surface area contributed by atoms with Crippen molar-refractivity contribution in [1.29, 1.82) is 0 Å².